The highest BCUT2D eigenvalue weighted by Gasteiger charge is 2.36. The zero-order valence-electron chi connectivity index (χ0n) is 15.1. The third-order valence-corrected chi connectivity index (χ3v) is 6.13. The zero-order valence-corrected chi connectivity index (χ0v) is 15.1. The molecule has 4 nitrogen and oxygen atoms in total. The largest absolute Gasteiger partial charge is 0.301 e. The Balaban J connectivity index is 1.62. The Morgan fingerprint density at radius 1 is 1.00 bits per heavy atom. The summed E-state index contributed by atoms with van der Waals surface area (Å²) in [5.41, 5.74) is 1.88. The lowest BCUT2D eigenvalue weighted by atomic mass is 9.84. The zero-order chi connectivity index (χ0) is 18.4. The molecule has 138 valence electrons. The topological polar surface area (TPSA) is 38.1 Å². The molecule has 1 atom stereocenters. The van der Waals surface area contributed by atoms with Gasteiger partial charge in [-0.15, -0.1) is 0 Å². The quantitative estimate of drug-likeness (QED) is 0.716. The predicted molar refractivity (Wildman–Crippen MR) is 103 cm³/mol. The summed E-state index contributed by atoms with van der Waals surface area (Å²) >= 11 is 0. The van der Waals surface area contributed by atoms with Crippen molar-refractivity contribution in [3.8, 4) is 0 Å². The number of hydrogen-bond acceptors (Lipinski definition) is 3. The van der Waals surface area contributed by atoms with Crippen molar-refractivity contribution in [2.24, 2.45) is 5.92 Å². The number of hydrogen-bond donors (Lipinski definition) is 0. The Hall–Kier alpha value is -2.53. The van der Waals surface area contributed by atoms with Crippen LogP contribution in [-0.4, -0.2) is 34.3 Å². The third kappa shape index (κ3) is 2.96. The monoisotopic (exact) mass is 363 g/mol. The van der Waals surface area contributed by atoms with E-state index in [-0.39, 0.29) is 17.4 Å². The minimum Gasteiger partial charge on any atom is -0.301 e. The van der Waals surface area contributed by atoms with Crippen LogP contribution in [0, 0.1) is 11.7 Å². The van der Waals surface area contributed by atoms with Gasteiger partial charge in [0.05, 0.1) is 17.1 Å². The Morgan fingerprint density at radius 2 is 1.70 bits per heavy atom. The van der Waals surface area contributed by atoms with E-state index in [4.69, 9.17) is 5.10 Å². The first kappa shape index (κ1) is 16.6. The van der Waals surface area contributed by atoms with Gasteiger partial charge in [-0.05, 0) is 55.6 Å². The van der Waals surface area contributed by atoms with Gasteiger partial charge >= 0.3 is 0 Å². The van der Waals surface area contributed by atoms with Gasteiger partial charge in [0.25, 0.3) is 5.56 Å². The summed E-state index contributed by atoms with van der Waals surface area (Å²) in [5, 5.41) is 6.46. The normalized spacial score (nSPS) is 24.4. The van der Waals surface area contributed by atoms with Crippen LogP contribution >= 0.6 is 0 Å². The summed E-state index contributed by atoms with van der Waals surface area (Å²) in [5.74, 6) is 0.286. The summed E-state index contributed by atoms with van der Waals surface area (Å²) in [6.45, 7) is 3.17. The van der Waals surface area contributed by atoms with Gasteiger partial charge in [-0.2, -0.15) is 5.10 Å². The first-order chi connectivity index (χ1) is 13.2. The molecule has 0 spiro atoms. The molecule has 3 aliphatic rings. The number of nitrogens with zero attached hydrogens (tertiary/aromatic N) is 3. The smallest absolute Gasteiger partial charge is 0.274 e. The maximum absolute atomic E-state index is 13.3. The van der Waals surface area contributed by atoms with Gasteiger partial charge in [0.1, 0.15) is 5.82 Å². The maximum atomic E-state index is 13.3. The van der Waals surface area contributed by atoms with Gasteiger partial charge in [0, 0.05) is 18.4 Å². The SMILES string of the molecule is O=c1c2ccccc2c(Cc2ccc(F)cc2)nn1C1CN2CCC1CC2. The van der Waals surface area contributed by atoms with E-state index >= 15 is 0 Å². The van der Waals surface area contributed by atoms with Crippen molar-refractivity contribution in [2.45, 2.75) is 25.3 Å². The fourth-order valence-corrected chi connectivity index (χ4v) is 4.64. The standard InChI is InChI=1S/C22H22FN3O/c23-17-7-5-15(6-8-17)13-20-18-3-1-2-4-19(18)22(27)26(24-20)21-14-25-11-9-16(21)10-12-25/h1-8,16,21H,9-14H2. The molecule has 0 radical (unpaired) electrons. The van der Waals surface area contributed by atoms with E-state index in [0.717, 1.165) is 54.5 Å². The van der Waals surface area contributed by atoms with E-state index in [1.165, 1.54) is 12.1 Å². The number of fused-ring (bicyclic) bond motifs is 4. The second-order valence-electron chi connectivity index (χ2n) is 7.75. The summed E-state index contributed by atoms with van der Waals surface area (Å²) in [6.07, 6.45) is 2.86. The fourth-order valence-electron chi connectivity index (χ4n) is 4.64. The van der Waals surface area contributed by atoms with Crippen LogP contribution < -0.4 is 5.56 Å². The first-order valence-corrected chi connectivity index (χ1v) is 9.66. The van der Waals surface area contributed by atoms with Crippen molar-refractivity contribution in [1.29, 1.82) is 0 Å². The number of halogens is 1. The van der Waals surface area contributed by atoms with Crippen molar-refractivity contribution in [1.82, 2.24) is 14.7 Å². The third-order valence-electron chi connectivity index (χ3n) is 6.13. The molecule has 0 amide bonds. The lowest BCUT2D eigenvalue weighted by Gasteiger charge is -2.44. The van der Waals surface area contributed by atoms with Crippen LogP contribution in [0.1, 0.15) is 30.1 Å². The molecule has 3 fully saturated rings. The van der Waals surface area contributed by atoms with Crippen molar-refractivity contribution in [2.75, 3.05) is 19.6 Å². The molecular weight excluding hydrogens is 341 g/mol. The minimum absolute atomic E-state index is 0.00667. The van der Waals surface area contributed by atoms with E-state index in [1.807, 2.05) is 24.3 Å². The number of aromatic nitrogens is 2. The first-order valence-electron chi connectivity index (χ1n) is 9.66. The molecule has 2 bridgehead atoms. The Morgan fingerprint density at radius 3 is 2.37 bits per heavy atom. The molecule has 1 unspecified atom stereocenters. The molecule has 3 aromatic rings. The molecule has 1 aromatic heterocycles. The van der Waals surface area contributed by atoms with Gasteiger partial charge in [0.15, 0.2) is 0 Å². The van der Waals surface area contributed by atoms with Crippen molar-refractivity contribution >= 4 is 10.8 Å². The Bertz CT molecular complexity index is 1040. The van der Waals surface area contributed by atoms with Gasteiger partial charge in [-0.3, -0.25) is 4.79 Å². The van der Waals surface area contributed by atoms with Crippen molar-refractivity contribution < 1.29 is 4.39 Å². The summed E-state index contributed by atoms with van der Waals surface area (Å²) in [7, 11) is 0. The summed E-state index contributed by atoms with van der Waals surface area (Å²) in [4.78, 5) is 15.6. The van der Waals surface area contributed by atoms with Crippen LogP contribution in [0.4, 0.5) is 4.39 Å². The molecule has 2 aromatic carbocycles. The molecule has 27 heavy (non-hydrogen) atoms. The average Bonchev–Trinajstić information content (AvgIpc) is 2.72. The molecule has 0 saturated carbocycles. The van der Waals surface area contributed by atoms with Crippen LogP contribution in [-0.2, 0) is 6.42 Å². The van der Waals surface area contributed by atoms with Crippen LogP contribution in [0.25, 0.3) is 10.8 Å². The van der Waals surface area contributed by atoms with Gasteiger partial charge in [-0.25, -0.2) is 9.07 Å². The molecule has 3 aliphatic heterocycles. The van der Waals surface area contributed by atoms with Crippen LogP contribution in [0.5, 0.6) is 0 Å². The van der Waals surface area contributed by atoms with E-state index < -0.39 is 0 Å². The van der Waals surface area contributed by atoms with E-state index in [0.29, 0.717) is 12.3 Å². The summed E-state index contributed by atoms with van der Waals surface area (Å²) < 4.78 is 15.0. The lowest BCUT2D eigenvalue weighted by Crippen LogP contribution is -2.50. The molecule has 4 heterocycles. The van der Waals surface area contributed by atoms with Crippen molar-refractivity contribution in [3.05, 3.63) is 76.0 Å². The Labute approximate surface area is 157 Å². The van der Waals surface area contributed by atoms with Gasteiger partial charge < -0.3 is 4.90 Å². The van der Waals surface area contributed by atoms with Crippen LogP contribution in [0.3, 0.4) is 0 Å². The maximum Gasteiger partial charge on any atom is 0.274 e. The molecule has 6 rings (SSSR count). The fraction of sp³-hybridized carbons (Fsp3) is 0.364. The summed E-state index contributed by atoms with van der Waals surface area (Å²) in [6, 6.07) is 14.4. The number of piperidine rings is 3. The molecule has 0 aliphatic carbocycles. The highest BCUT2D eigenvalue weighted by atomic mass is 19.1. The van der Waals surface area contributed by atoms with Gasteiger partial charge in [-0.1, -0.05) is 30.3 Å². The molecule has 3 saturated heterocycles. The Kier molecular flexibility index (Phi) is 4.05. The van der Waals surface area contributed by atoms with Crippen LogP contribution in [0.2, 0.25) is 0 Å². The minimum atomic E-state index is -0.242. The average molecular weight is 363 g/mol. The van der Waals surface area contributed by atoms with E-state index in [2.05, 4.69) is 4.90 Å². The highest BCUT2D eigenvalue weighted by molar-refractivity contribution is 5.83. The lowest BCUT2D eigenvalue weighted by molar-refractivity contribution is 0.0489. The molecule has 5 heteroatoms. The number of benzene rings is 2. The second-order valence-corrected chi connectivity index (χ2v) is 7.75. The van der Waals surface area contributed by atoms with Gasteiger partial charge in [0.2, 0.25) is 0 Å². The predicted octanol–water partition coefficient (Wildman–Crippen LogP) is 3.39. The van der Waals surface area contributed by atoms with E-state index in [9.17, 15) is 9.18 Å². The van der Waals surface area contributed by atoms with Crippen molar-refractivity contribution in [3.63, 3.8) is 0 Å². The molecular formula is C22H22FN3O. The van der Waals surface area contributed by atoms with Crippen LogP contribution in [0.15, 0.2) is 53.3 Å². The highest BCUT2D eigenvalue weighted by Crippen LogP contribution is 2.35. The van der Waals surface area contributed by atoms with E-state index in [1.54, 1.807) is 16.8 Å². The molecule has 0 N–H and O–H groups in total. The number of rotatable bonds is 3. The second kappa shape index (κ2) is 6.57.